The normalized spacial score (nSPS) is 37.1. The number of hydrogen-bond acceptors (Lipinski definition) is 7. The fourth-order valence-electron chi connectivity index (χ4n) is 21.7. The molecule has 0 heterocycles. The highest BCUT2D eigenvalue weighted by atomic mass is 33.5. The summed E-state index contributed by atoms with van der Waals surface area (Å²) in [6, 6.07) is 0. The molecule has 0 amide bonds. The van der Waals surface area contributed by atoms with Crippen molar-refractivity contribution in [3.8, 4) is 0 Å². The molecule has 0 saturated heterocycles. The lowest BCUT2D eigenvalue weighted by molar-refractivity contribution is -0.205. The molecule has 6 unspecified atom stereocenters. The highest BCUT2D eigenvalue weighted by Gasteiger charge is 2.71. The summed E-state index contributed by atoms with van der Waals surface area (Å²) in [4.78, 5) is 25.5. The monoisotopic (exact) mass is 2000 g/mol. The van der Waals surface area contributed by atoms with Crippen molar-refractivity contribution in [2.24, 2.45) is 106 Å². The van der Waals surface area contributed by atoms with Gasteiger partial charge < -0.3 is 15.3 Å². The molecule has 0 bridgehead atoms. The minimum absolute atomic E-state index is 0.0301. The van der Waals surface area contributed by atoms with E-state index in [0.717, 1.165) is 101 Å². The first-order valence-electron chi connectivity index (χ1n) is 33.2. The third-order valence-electron chi connectivity index (χ3n) is 27.4. The molecule has 10 aliphatic carbocycles. The summed E-state index contributed by atoms with van der Waals surface area (Å²) in [6.45, 7) is 37.2. The largest absolute Gasteiger partial charge is 0.481 e. The fourth-order valence-corrected chi connectivity index (χ4v) is 93.1. The summed E-state index contributed by atoms with van der Waals surface area (Å²) in [7, 11) is 51.2. The van der Waals surface area contributed by atoms with E-state index in [2.05, 4.69) is 138 Å². The Balaban J connectivity index is 0.000000204. The molecule has 5 nitrogen and oxygen atoms in total. The summed E-state index contributed by atoms with van der Waals surface area (Å²) < 4.78 is 0. The lowest BCUT2D eigenvalue weighted by Crippen LogP contribution is -2.65. The first-order chi connectivity index (χ1) is 47.1. The maximum absolute atomic E-state index is 12.8. The predicted molar refractivity (Wildman–Crippen MR) is 519 cm³/mol. The Morgan fingerprint density at radius 2 is 0.650 bits per heavy atom. The number of carboxylic acids is 2. The molecule has 3 N–H and O–H groups in total. The molecule has 16 atom stereocenters. The molecule has 8 fully saturated rings. The molecule has 0 aliphatic heterocycles. The zero-order valence-electron chi connectivity index (χ0n) is 59.0. The molecule has 0 aromatic carbocycles. The zero-order chi connectivity index (χ0) is 73.7. The van der Waals surface area contributed by atoms with Crippen molar-refractivity contribution in [1.29, 1.82) is 0 Å². The molecule has 100 heavy (non-hydrogen) atoms. The van der Waals surface area contributed by atoms with Gasteiger partial charge in [-0.15, -0.1) is 0 Å². The number of carboxylic acid groups (broad SMARTS) is 2. The summed E-state index contributed by atoms with van der Waals surface area (Å²) in [5.74, 6) is 2.85. The fraction of sp³-hybridized carbons (Fsp3) is 0.902. The molecule has 10 rings (SSSR count). The Morgan fingerprint density at radius 1 is 0.360 bits per heavy atom. The van der Waals surface area contributed by atoms with Gasteiger partial charge >= 0.3 is 11.9 Å². The lowest BCUT2D eigenvalue weighted by atomic mass is 9.33. The van der Waals surface area contributed by atoms with Crippen LogP contribution in [0.1, 0.15) is 232 Å². The average molecular weight is 2000 g/mol. The number of allylic oxidation sites excluding steroid dienone is 4. The minimum Gasteiger partial charge on any atom is -0.481 e. The maximum Gasteiger partial charge on any atom is 0.310 e. The van der Waals surface area contributed by atoms with Gasteiger partial charge in [0.15, 0.2) is 0 Å². The Hall–Kier alpha value is 5.86. The van der Waals surface area contributed by atoms with Crippen LogP contribution in [-0.2, 0) is 321 Å². The van der Waals surface area contributed by atoms with Gasteiger partial charge in [0.2, 0.25) is 0 Å². The van der Waals surface area contributed by atoms with Gasteiger partial charge in [0.05, 0.1) is 16.9 Å². The number of hydrogen-bond donors (Lipinski definition) is 3. The molecule has 0 aromatic heterocycles. The van der Waals surface area contributed by atoms with E-state index >= 15 is 0 Å². The lowest BCUT2D eigenvalue weighted by Gasteiger charge is -2.71. The van der Waals surface area contributed by atoms with Crippen molar-refractivity contribution < 1.29 is 24.9 Å². The molecular weight excluding hydrogens is 1900 g/mol. The Bertz CT molecular complexity index is 4410. The molecule has 0 radical (unpaired) electrons. The van der Waals surface area contributed by atoms with E-state index in [1.807, 2.05) is 97.7 Å². The van der Waals surface area contributed by atoms with E-state index in [9.17, 15) is 24.9 Å². The van der Waals surface area contributed by atoms with Gasteiger partial charge in [-0.1, -0.05) is 127 Å². The van der Waals surface area contributed by atoms with E-state index in [0.29, 0.717) is 22.7 Å². The summed E-state index contributed by atoms with van der Waals surface area (Å²) >= 11 is 18.5. The third kappa shape index (κ3) is 21.2. The number of aliphatic hydroxyl groups excluding tert-OH is 1. The van der Waals surface area contributed by atoms with Gasteiger partial charge in [0.25, 0.3) is 0 Å². The molecule has 576 valence electrons. The number of carbonyl (C=O) groups is 2. The summed E-state index contributed by atoms with van der Waals surface area (Å²) in [6.07, 6.45) is 26.7. The van der Waals surface area contributed by atoms with Gasteiger partial charge in [-0.3, -0.25) is 9.59 Å². The van der Waals surface area contributed by atoms with Gasteiger partial charge in [0, 0.05) is 311 Å². The molecule has 10 aliphatic rings. The van der Waals surface area contributed by atoms with Crippen LogP contribution in [0.15, 0.2) is 23.3 Å². The van der Waals surface area contributed by atoms with E-state index in [-0.39, 0.29) is 61.3 Å². The van der Waals surface area contributed by atoms with E-state index in [1.54, 1.807) is 130 Å². The van der Waals surface area contributed by atoms with Crippen LogP contribution < -0.4 is 0 Å². The van der Waals surface area contributed by atoms with Crippen LogP contribution in [0.25, 0.3) is 0 Å². The van der Waals surface area contributed by atoms with Crippen molar-refractivity contribution in [3.63, 3.8) is 0 Å². The summed E-state index contributed by atoms with van der Waals surface area (Å²) in [5.41, 5.74) is 4.21. The molecular formula is C61H98O5S34. The number of aliphatic carboxylic acids is 2. The van der Waals surface area contributed by atoms with E-state index < -0.39 is 22.8 Å². The smallest absolute Gasteiger partial charge is 0.310 e. The molecule has 39 heteroatoms. The second kappa shape index (κ2) is 41.1. The highest BCUT2D eigenvalue weighted by molar-refractivity contribution is 8.79. The molecule has 0 aromatic rings. The number of fused-ring (bicyclic) bond motifs is 14. The van der Waals surface area contributed by atoms with Crippen LogP contribution in [0.4, 0.5) is 0 Å². The van der Waals surface area contributed by atoms with Crippen molar-refractivity contribution in [2.45, 2.75) is 238 Å². The van der Waals surface area contributed by atoms with Crippen molar-refractivity contribution >= 4 is 323 Å². The van der Waals surface area contributed by atoms with Crippen molar-refractivity contribution in [2.75, 3.05) is 0 Å². The van der Waals surface area contributed by atoms with Crippen LogP contribution in [0.3, 0.4) is 0 Å². The maximum atomic E-state index is 12.8. The van der Waals surface area contributed by atoms with Crippen LogP contribution in [0.5, 0.6) is 0 Å². The second-order valence-corrected chi connectivity index (χ2v) is 85.6. The van der Waals surface area contributed by atoms with Crippen molar-refractivity contribution in [3.05, 3.63) is 23.3 Å². The standard InChI is InChI=1S/C31H50O2.C30H48O3.S29.S5/c1-20-11-13-28(6)23(27(20,4)5)12-14-30(8)24(28)10-9-21-22-19-26(2,3)15-17-31(22,25(32)33)18-16-29(21,30)7;1-25(2)14-16-30(24(32)33)17-15-28(6)19(20(30)18-25)8-9-22-27(5)12-11-23(31)26(3,4)21(27)10-13-29(22,28)7;1-3-5-7-9-11-13-15-17-19-21-23-25-27-29-28-26-24-22-20-18-16-14-12-10-8-6-4-2;1-3-5-4-2/h9,20,22-24H,10-19H2,1-8H3,(H,32,33);8,20-23,31H,9-18H2,1-7H3,(H,32,33);;/t20-,22?,23-,24?,28?,29+,30-,31-;20?,21-,22?,23-,27?,28+,29-,30-;;/m00../s1. The second-order valence-electron chi connectivity index (χ2n) is 32.5. The van der Waals surface area contributed by atoms with Gasteiger partial charge in [0.1, 0.15) is 0 Å². The average Bonchev–Trinajstić information content (AvgIpc) is 0.684. The molecule has 0 spiro atoms. The Kier molecular flexibility index (Phi) is 38.2. The quantitative estimate of drug-likeness (QED) is 0.234. The van der Waals surface area contributed by atoms with Gasteiger partial charge in [-0.25, -0.2) is 0 Å². The Morgan fingerprint density at radius 3 is 0.950 bits per heavy atom. The summed E-state index contributed by atoms with van der Waals surface area (Å²) in [5, 5.41) is 31.9. The SMILES string of the molecule is CC1(C)CC[C@]2(C(=O)O)CC[C@]3(C)C(=CCC4C5(C)CC[C@H](O)C(C)(C)[C@@H]5CC[C@@]43C)C2C1.C[C@H]1CCC2(C)C3CC=C4C5CC(C)(C)CC[C@]5(C(=O)O)CC[C@@]4(C)[C@@]3(C)CC[C@H]2C1(C)C.S=S=S=S=S.S=S=S=S=S=S=S=S=S=S=S=S=S=S=S=S=S=S=S=S=S=S=S=S=S=S=S=S=S. The van der Waals surface area contributed by atoms with Gasteiger partial charge in [-0.2, -0.15) is 0 Å². The predicted octanol–water partition coefficient (Wildman–Crippen LogP) is 15.7. The van der Waals surface area contributed by atoms with E-state index in [1.165, 1.54) is 94.9 Å². The molecule has 8 saturated carbocycles. The topological polar surface area (TPSA) is 94.8 Å². The van der Waals surface area contributed by atoms with Gasteiger partial charge in [-0.05, 0) is 224 Å². The third-order valence-corrected chi connectivity index (χ3v) is 89.7. The highest BCUT2D eigenvalue weighted by Crippen LogP contribution is 2.78. The van der Waals surface area contributed by atoms with Crippen LogP contribution in [0, 0.1) is 106 Å². The van der Waals surface area contributed by atoms with Crippen LogP contribution >= 0.6 is 0 Å². The zero-order valence-corrected chi connectivity index (χ0v) is 86.7. The van der Waals surface area contributed by atoms with Crippen LogP contribution in [0.2, 0.25) is 0 Å². The van der Waals surface area contributed by atoms with Crippen LogP contribution in [-0.4, -0.2) is 33.4 Å². The first-order valence-corrected chi connectivity index (χ1v) is 75.8. The first kappa shape index (κ1) is 93.0. The van der Waals surface area contributed by atoms with E-state index in [4.69, 9.17) is 22.4 Å². The van der Waals surface area contributed by atoms with Crippen molar-refractivity contribution in [1.82, 2.24) is 0 Å². The number of aliphatic hydroxyl groups is 1. The Labute approximate surface area is 704 Å². The minimum atomic E-state index is -0.553. The number of rotatable bonds is 2.